The molecule has 1 aliphatic rings. The van der Waals surface area contributed by atoms with Gasteiger partial charge in [-0.3, -0.25) is 9.59 Å². The van der Waals surface area contributed by atoms with E-state index in [1.807, 2.05) is 0 Å². The molecule has 2 amide bonds. The third kappa shape index (κ3) is 4.60. The summed E-state index contributed by atoms with van der Waals surface area (Å²) >= 11 is 0. The fraction of sp³-hybridized carbons (Fsp3) is 0.600. The number of hydrogen-bond acceptors (Lipinski definition) is 3. The van der Waals surface area contributed by atoms with Gasteiger partial charge >= 0.3 is 0 Å². The van der Waals surface area contributed by atoms with E-state index in [4.69, 9.17) is 0 Å². The van der Waals surface area contributed by atoms with E-state index in [2.05, 4.69) is 22.5 Å². The van der Waals surface area contributed by atoms with Crippen molar-refractivity contribution in [3.63, 3.8) is 0 Å². The number of amides is 2. The number of carbonyl (C=O) groups is 2. The number of nitrogens with one attached hydrogen (secondary N) is 3. The first-order valence-electron chi connectivity index (χ1n) is 5.10. The van der Waals surface area contributed by atoms with Crippen molar-refractivity contribution in [1.82, 2.24) is 16.0 Å². The molecule has 1 saturated heterocycles. The van der Waals surface area contributed by atoms with Crippen molar-refractivity contribution in [2.75, 3.05) is 19.6 Å². The molecule has 0 aromatic carbocycles. The number of carbonyl (C=O) groups excluding carboxylic acids is 2. The second-order valence-corrected chi connectivity index (χ2v) is 3.53. The first kappa shape index (κ1) is 11.7. The maximum atomic E-state index is 11.3. The molecular formula is C10H17N3O2. The molecule has 1 fully saturated rings. The number of hydrogen-bond donors (Lipinski definition) is 3. The summed E-state index contributed by atoms with van der Waals surface area (Å²) in [6.07, 6.45) is 2.91. The van der Waals surface area contributed by atoms with Gasteiger partial charge in [0.05, 0.1) is 6.54 Å². The SMILES string of the molecule is C=CCNCC(=O)NC1CCC(=O)NC1. The smallest absolute Gasteiger partial charge is 0.234 e. The molecule has 0 bridgehead atoms. The van der Waals surface area contributed by atoms with Gasteiger partial charge in [-0.05, 0) is 6.42 Å². The van der Waals surface area contributed by atoms with Crippen LogP contribution < -0.4 is 16.0 Å². The number of rotatable bonds is 5. The molecule has 5 nitrogen and oxygen atoms in total. The lowest BCUT2D eigenvalue weighted by Crippen LogP contribution is -2.49. The van der Waals surface area contributed by atoms with Crippen LogP contribution in [0.5, 0.6) is 0 Å². The molecule has 1 unspecified atom stereocenters. The molecular weight excluding hydrogens is 194 g/mol. The Morgan fingerprint density at radius 2 is 2.47 bits per heavy atom. The number of piperidine rings is 1. The average Bonchev–Trinajstić information content (AvgIpc) is 2.22. The highest BCUT2D eigenvalue weighted by atomic mass is 16.2. The predicted molar refractivity (Wildman–Crippen MR) is 57.2 cm³/mol. The van der Waals surface area contributed by atoms with Gasteiger partial charge in [0.25, 0.3) is 0 Å². The van der Waals surface area contributed by atoms with Crippen molar-refractivity contribution >= 4 is 11.8 Å². The van der Waals surface area contributed by atoms with Crippen LogP contribution in [0, 0.1) is 0 Å². The molecule has 15 heavy (non-hydrogen) atoms. The Morgan fingerprint density at radius 1 is 1.67 bits per heavy atom. The molecule has 1 heterocycles. The molecule has 0 spiro atoms. The van der Waals surface area contributed by atoms with Crippen LogP contribution >= 0.6 is 0 Å². The Bertz CT molecular complexity index is 243. The van der Waals surface area contributed by atoms with E-state index in [1.165, 1.54) is 0 Å². The molecule has 1 aliphatic heterocycles. The highest BCUT2D eigenvalue weighted by molar-refractivity contribution is 5.80. The highest BCUT2D eigenvalue weighted by Gasteiger charge is 2.18. The maximum Gasteiger partial charge on any atom is 0.234 e. The minimum atomic E-state index is -0.0435. The zero-order valence-corrected chi connectivity index (χ0v) is 8.71. The normalized spacial score (nSPS) is 20.5. The van der Waals surface area contributed by atoms with Crippen LogP contribution in [0.4, 0.5) is 0 Å². The van der Waals surface area contributed by atoms with Crippen molar-refractivity contribution in [2.45, 2.75) is 18.9 Å². The van der Waals surface area contributed by atoms with Gasteiger partial charge in [-0.15, -0.1) is 6.58 Å². The third-order valence-corrected chi connectivity index (χ3v) is 2.20. The summed E-state index contributed by atoms with van der Waals surface area (Å²) in [5.74, 6) is 0.0169. The molecule has 3 N–H and O–H groups in total. The van der Waals surface area contributed by atoms with Crippen LogP contribution in [0.25, 0.3) is 0 Å². The summed E-state index contributed by atoms with van der Waals surface area (Å²) in [7, 11) is 0. The standard InChI is InChI=1S/C10H17N3O2/c1-2-5-11-7-10(15)13-8-3-4-9(14)12-6-8/h2,8,11H,1,3-7H2,(H,12,14)(H,13,15). The van der Waals surface area contributed by atoms with Crippen molar-refractivity contribution in [3.05, 3.63) is 12.7 Å². The van der Waals surface area contributed by atoms with Crippen LogP contribution in [0.2, 0.25) is 0 Å². The van der Waals surface area contributed by atoms with Gasteiger partial charge in [0.1, 0.15) is 0 Å². The van der Waals surface area contributed by atoms with E-state index in [0.717, 1.165) is 6.42 Å². The monoisotopic (exact) mass is 211 g/mol. The zero-order valence-electron chi connectivity index (χ0n) is 8.71. The lowest BCUT2D eigenvalue weighted by atomic mass is 10.1. The minimum Gasteiger partial charge on any atom is -0.354 e. The lowest BCUT2D eigenvalue weighted by molar-refractivity contribution is -0.125. The molecule has 0 aromatic heterocycles. The first-order chi connectivity index (χ1) is 7.22. The minimum absolute atomic E-state index is 0.0435. The van der Waals surface area contributed by atoms with Gasteiger partial charge in [-0.2, -0.15) is 0 Å². The van der Waals surface area contributed by atoms with Gasteiger partial charge in [0.15, 0.2) is 0 Å². The zero-order chi connectivity index (χ0) is 11.1. The average molecular weight is 211 g/mol. The molecule has 1 atom stereocenters. The summed E-state index contributed by atoms with van der Waals surface area (Å²) in [5, 5.41) is 8.48. The van der Waals surface area contributed by atoms with Gasteiger partial charge in [-0.1, -0.05) is 6.08 Å². The molecule has 5 heteroatoms. The van der Waals surface area contributed by atoms with E-state index in [0.29, 0.717) is 19.5 Å². The summed E-state index contributed by atoms with van der Waals surface area (Å²) < 4.78 is 0. The Labute approximate surface area is 89.3 Å². The van der Waals surface area contributed by atoms with Gasteiger partial charge in [-0.25, -0.2) is 0 Å². The molecule has 0 aromatic rings. The van der Waals surface area contributed by atoms with Crippen LogP contribution in [0.15, 0.2) is 12.7 Å². The Balaban J connectivity index is 2.14. The maximum absolute atomic E-state index is 11.3. The van der Waals surface area contributed by atoms with Crippen molar-refractivity contribution in [1.29, 1.82) is 0 Å². The topological polar surface area (TPSA) is 70.2 Å². The van der Waals surface area contributed by atoms with E-state index in [9.17, 15) is 9.59 Å². The predicted octanol–water partition coefficient (Wildman–Crippen LogP) is -0.843. The second kappa shape index (κ2) is 6.19. The molecule has 0 saturated carbocycles. The fourth-order valence-electron chi connectivity index (χ4n) is 1.42. The largest absolute Gasteiger partial charge is 0.354 e. The quantitative estimate of drug-likeness (QED) is 0.410. The second-order valence-electron chi connectivity index (χ2n) is 3.53. The van der Waals surface area contributed by atoms with Crippen LogP contribution in [-0.2, 0) is 9.59 Å². The van der Waals surface area contributed by atoms with Crippen LogP contribution in [-0.4, -0.2) is 37.5 Å². The third-order valence-electron chi connectivity index (χ3n) is 2.20. The summed E-state index contributed by atoms with van der Waals surface area (Å²) in [5.41, 5.74) is 0. The fourth-order valence-corrected chi connectivity index (χ4v) is 1.42. The van der Waals surface area contributed by atoms with Gasteiger partial charge < -0.3 is 16.0 Å². The lowest BCUT2D eigenvalue weighted by Gasteiger charge is -2.23. The molecule has 0 aliphatic carbocycles. The Hall–Kier alpha value is -1.36. The van der Waals surface area contributed by atoms with Crippen molar-refractivity contribution in [3.8, 4) is 0 Å². The summed E-state index contributed by atoms with van der Waals surface area (Å²) in [4.78, 5) is 22.2. The highest BCUT2D eigenvalue weighted by Crippen LogP contribution is 2.01. The van der Waals surface area contributed by atoms with Crippen molar-refractivity contribution in [2.24, 2.45) is 0 Å². The molecule has 84 valence electrons. The van der Waals surface area contributed by atoms with E-state index < -0.39 is 0 Å². The summed E-state index contributed by atoms with van der Waals surface area (Å²) in [6.45, 7) is 4.98. The molecule has 1 rings (SSSR count). The van der Waals surface area contributed by atoms with Crippen molar-refractivity contribution < 1.29 is 9.59 Å². The van der Waals surface area contributed by atoms with E-state index in [1.54, 1.807) is 6.08 Å². The van der Waals surface area contributed by atoms with Crippen LogP contribution in [0.3, 0.4) is 0 Å². The van der Waals surface area contributed by atoms with Gasteiger partial charge in [0, 0.05) is 25.6 Å². The molecule has 0 radical (unpaired) electrons. The van der Waals surface area contributed by atoms with E-state index in [-0.39, 0.29) is 24.4 Å². The Kier molecular flexibility index (Phi) is 4.83. The first-order valence-corrected chi connectivity index (χ1v) is 5.10. The summed E-state index contributed by atoms with van der Waals surface area (Å²) in [6, 6.07) is 0.0701. The Morgan fingerprint density at radius 3 is 3.07 bits per heavy atom. The van der Waals surface area contributed by atoms with E-state index >= 15 is 0 Å². The van der Waals surface area contributed by atoms with Crippen LogP contribution in [0.1, 0.15) is 12.8 Å². The van der Waals surface area contributed by atoms with Gasteiger partial charge in [0.2, 0.25) is 11.8 Å².